The van der Waals surface area contributed by atoms with E-state index in [0.29, 0.717) is 24.7 Å². The van der Waals surface area contributed by atoms with Crippen molar-refractivity contribution in [3.8, 4) is 0 Å². The maximum absolute atomic E-state index is 12.6. The first-order valence-electron chi connectivity index (χ1n) is 13.6. The highest BCUT2D eigenvalue weighted by atomic mass is 32.1. The molecule has 0 radical (unpaired) electrons. The molecule has 196 valence electrons. The summed E-state index contributed by atoms with van der Waals surface area (Å²) in [6.45, 7) is 12.3. The molecule has 2 aromatic heterocycles. The van der Waals surface area contributed by atoms with E-state index in [-0.39, 0.29) is 23.8 Å². The van der Waals surface area contributed by atoms with E-state index in [4.69, 9.17) is 4.98 Å². The average Bonchev–Trinajstić information content (AvgIpc) is 3.47. The van der Waals surface area contributed by atoms with Gasteiger partial charge in [-0.15, -0.1) is 11.3 Å². The van der Waals surface area contributed by atoms with E-state index in [1.165, 1.54) is 29.0 Å². The van der Waals surface area contributed by atoms with Gasteiger partial charge in [0, 0.05) is 61.0 Å². The van der Waals surface area contributed by atoms with Gasteiger partial charge in [-0.1, -0.05) is 13.8 Å². The van der Waals surface area contributed by atoms with Crippen LogP contribution in [-0.4, -0.2) is 56.3 Å². The van der Waals surface area contributed by atoms with Crippen molar-refractivity contribution >= 4 is 23.2 Å². The van der Waals surface area contributed by atoms with Crippen LogP contribution < -0.4 is 5.32 Å². The van der Waals surface area contributed by atoms with E-state index in [0.717, 1.165) is 50.3 Å². The summed E-state index contributed by atoms with van der Waals surface area (Å²) in [5, 5.41) is 5.37. The van der Waals surface area contributed by atoms with E-state index < -0.39 is 0 Å². The molecule has 8 heteroatoms. The van der Waals surface area contributed by atoms with Gasteiger partial charge in [0.15, 0.2) is 0 Å². The minimum absolute atomic E-state index is 0.0313. The molecule has 3 atom stereocenters. The molecule has 0 aromatic carbocycles. The van der Waals surface area contributed by atoms with Gasteiger partial charge in [-0.3, -0.25) is 14.5 Å². The molecule has 3 aliphatic rings. The van der Waals surface area contributed by atoms with Crippen LogP contribution in [0.4, 0.5) is 0 Å². The molecule has 7 nitrogen and oxygen atoms in total. The summed E-state index contributed by atoms with van der Waals surface area (Å²) in [4.78, 5) is 35.4. The van der Waals surface area contributed by atoms with Crippen LogP contribution in [0.2, 0.25) is 0 Å². The third kappa shape index (κ3) is 4.99. The molecule has 0 spiro atoms. The number of fused-ring (bicyclic) bond motifs is 3. The molecule has 36 heavy (non-hydrogen) atoms. The van der Waals surface area contributed by atoms with Crippen molar-refractivity contribution < 1.29 is 9.59 Å². The number of imidazole rings is 1. The maximum atomic E-state index is 12.6. The molecule has 2 fully saturated rings. The molecule has 2 amide bonds. The second-order valence-electron chi connectivity index (χ2n) is 11.4. The first-order valence-corrected chi connectivity index (χ1v) is 14.5. The second-order valence-corrected chi connectivity index (χ2v) is 12.3. The highest BCUT2D eigenvalue weighted by Crippen LogP contribution is 2.43. The van der Waals surface area contributed by atoms with Gasteiger partial charge in [-0.25, -0.2) is 4.98 Å². The van der Waals surface area contributed by atoms with Gasteiger partial charge in [0.2, 0.25) is 11.8 Å². The number of nitrogens with one attached hydrogen (secondary N) is 1. The highest BCUT2D eigenvalue weighted by Gasteiger charge is 2.42. The molecule has 2 unspecified atom stereocenters. The number of carbonyl (C=O) groups excluding carboxylic acids is 2. The standard InChI is InChI=1S/C28H41N5O2S/c1-17(2)28(35)31-10-9-26-25(15-31)29-19(4)33(26)23-13-21-6-7-22(14-23)32(21)11-8-24(30-20(5)34)27-12-18(3)16-36-27/h12,16-17,21-24H,6-11,13-15H2,1-5H3,(H,30,34)/t21?,22?,23?,24-/m0/s1. The van der Waals surface area contributed by atoms with Crippen LogP contribution in [0.1, 0.15) is 92.6 Å². The SMILES string of the molecule is CC(=O)N[C@@H](CCN1C2CCC1CC(n1c(C)nc3c1CCN(C(=O)C(C)C)C3)C2)c1cc(C)cs1. The van der Waals surface area contributed by atoms with Crippen molar-refractivity contribution in [2.45, 2.75) is 104 Å². The fraction of sp³-hybridized carbons (Fsp3) is 0.679. The van der Waals surface area contributed by atoms with Crippen molar-refractivity contribution in [3.05, 3.63) is 39.1 Å². The van der Waals surface area contributed by atoms with Gasteiger partial charge in [-0.2, -0.15) is 0 Å². The lowest BCUT2D eigenvalue weighted by Gasteiger charge is -2.41. The van der Waals surface area contributed by atoms with Crippen LogP contribution in [-0.2, 0) is 22.6 Å². The Kier molecular flexibility index (Phi) is 7.27. The highest BCUT2D eigenvalue weighted by molar-refractivity contribution is 7.10. The van der Waals surface area contributed by atoms with Gasteiger partial charge in [0.05, 0.1) is 18.3 Å². The lowest BCUT2D eigenvalue weighted by molar-refractivity contribution is -0.135. The van der Waals surface area contributed by atoms with E-state index in [9.17, 15) is 9.59 Å². The van der Waals surface area contributed by atoms with Crippen molar-refractivity contribution in [2.24, 2.45) is 5.92 Å². The molecule has 5 rings (SSSR count). The topological polar surface area (TPSA) is 70.5 Å². The number of rotatable bonds is 7. The maximum Gasteiger partial charge on any atom is 0.225 e. The Morgan fingerprint density at radius 3 is 2.50 bits per heavy atom. The van der Waals surface area contributed by atoms with Crippen LogP contribution in [0.5, 0.6) is 0 Å². The van der Waals surface area contributed by atoms with E-state index in [1.54, 1.807) is 18.3 Å². The van der Waals surface area contributed by atoms with Gasteiger partial charge >= 0.3 is 0 Å². The van der Waals surface area contributed by atoms with Crippen molar-refractivity contribution in [3.63, 3.8) is 0 Å². The van der Waals surface area contributed by atoms with Crippen molar-refractivity contribution in [1.29, 1.82) is 0 Å². The second kappa shape index (κ2) is 10.3. The molecule has 0 aliphatic carbocycles. The molecule has 2 aromatic rings. The number of carbonyl (C=O) groups is 2. The zero-order chi connectivity index (χ0) is 25.6. The lowest BCUT2D eigenvalue weighted by Crippen LogP contribution is -2.45. The Labute approximate surface area is 219 Å². The summed E-state index contributed by atoms with van der Waals surface area (Å²) in [5.74, 6) is 1.41. The van der Waals surface area contributed by atoms with Crippen LogP contribution in [0, 0.1) is 19.8 Å². The zero-order valence-electron chi connectivity index (χ0n) is 22.4. The Balaban J connectivity index is 1.26. The van der Waals surface area contributed by atoms with Crippen LogP contribution in [0.3, 0.4) is 0 Å². The smallest absolute Gasteiger partial charge is 0.225 e. The van der Waals surface area contributed by atoms with Crippen LogP contribution in [0.25, 0.3) is 0 Å². The normalized spacial score (nSPS) is 24.7. The summed E-state index contributed by atoms with van der Waals surface area (Å²) >= 11 is 1.75. The van der Waals surface area contributed by atoms with Crippen molar-refractivity contribution in [1.82, 2.24) is 24.7 Å². The van der Waals surface area contributed by atoms with E-state index in [1.807, 2.05) is 18.7 Å². The minimum atomic E-state index is 0.0313. The van der Waals surface area contributed by atoms with E-state index in [2.05, 4.69) is 40.1 Å². The third-order valence-corrected chi connectivity index (χ3v) is 9.57. The van der Waals surface area contributed by atoms with E-state index >= 15 is 0 Å². The predicted octanol–water partition coefficient (Wildman–Crippen LogP) is 4.54. The zero-order valence-corrected chi connectivity index (χ0v) is 23.2. The Hall–Kier alpha value is -2.19. The van der Waals surface area contributed by atoms with Crippen LogP contribution >= 0.6 is 11.3 Å². The lowest BCUT2D eigenvalue weighted by atomic mass is 9.95. The van der Waals surface area contributed by atoms with Crippen molar-refractivity contribution in [2.75, 3.05) is 13.1 Å². The fourth-order valence-corrected chi connectivity index (χ4v) is 7.83. The number of aromatic nitrogens is 2. The molecular weight excluding hydrogens is 470 g/mol. The number of nitrogens with zero attached hydrogens (tertiary/aromatic N) is 4. The summed E-state index contributed by atoms with van der Waals surface area (Å²) in [6, 6.07) is 3.99. The molecule has 3 aliphatic heterocycles. The number of thiophene rings is 1. The number of piperidine rings is 1. The average molecular weight is 512 g/mol. The molecule has 0 saturated carbocycles. The first kappa shape index (κ1) is 25.5. The molecule has 2 bridgehead atoms. The minimum Gasteiger partial charge on any atom is -0.349 e. The van der Waals surface area contributed by atoms with Gasteiger partial charge in [-0.05, 0) is 63.0 Å². The Morgan fingerprint density at radius 2 is 1.89 bits per heavy atom. The number of amides is 2. The number of hydrogen-bond acceptors (Lipinski definition) is 5. The summed E-state index contributed by atoms with van der Waals surface area (Å²) in [5.41, 5.74) is 3.73. The number of aryl methyl sites for hydroxylation is 2. The largest absolute Gasteiger partial charge is 0.349 e. The monoisotopic (exact) mass is 511 g/mol. The number of hydrogen-bond donors (Lipinski definition) is 1. The first-order chi connectivity index (χ1) is 17.2. The third-order valence-electron chi connectivity index (χ3n) is 8.41. The van der Waals surface area contributed by atoms with Gasteiger partial charge in [0.1, 0.15) is 5.82 Å². The Bertz CT molecular complexity index is 1110. The van der Waals surface area contributed by atoms with Gasteiger partial charge in [0.25, 0.3) is 0 Å². The summed E-state index contributed by atoms with van der Waals surface area (Å²) in [6.07, 6.45) is 6.71. The van der Waals surface area contributed by atoms with Crippen LogP contribution in [0.15, 0.2) is 11.4 Å². The molecule has 5 heterocycles. The molecular formula is C28H41N5O2S. The summed E-state index contributed by atoms with van der Waals surface area (Å²) in [7, 11) is 0. The Morgan fingerprint density at radius 1 is 1.17 bits per heavy atom. The fourth-order valence-electron chi connectivity index (χ4n) is 6.84. The van der Waals surface area contributed by atoms with Gasteiger partial charge < -0.3 is 14.8 Å². The summed E-state index contributed by atoms with van der Waals surface area (Å²) < 4.78 is 2.53. The predicted molar refractivity (Wildman–Crippen MR) is 143 cm³/mol. The molecule has 2 saturated heterocycles. The quantitative estimate of drug-likeness (QED) is 0.593. The molecule has 1 N–H and O–H groups in total.